The number of hydrogen-bond donors (Lipinski definition) is 1. The molecule has 2 unspecified atom stereocenters. The fourth-order valence-electron chi connectivity index (χ4n) is 2.28. The van der Waals surface area contributed by atoms with Crippen molar-refractivity contribution in [2.24, 2.45) is 0 Å². The maximum Gasteiger partial charge on any atom is 0.340 e. The zero-order valence-electron chi connectivity index (χ0n) is 11.4. The summed E-state index contributed by atoms with van der Waals surface area (Å²) < 4.78 is 37.2. The highest BCUT2D eigenvalue weighted by atomic mass is 19.1. The van der Waals surface area contributed by atoms with Crippen molar-refractivity contribution in [3.63, 3.8) is 0 Å². The van der Waals surface area contributed by atoms with E-state index in [1.165, 1.54) is 0 Å². The molecule has 0 aliphatic carbocycles. The van der Waals surface area contributed by atoms with Gasteiger partial charge in [-0.15, -0.1) is 0 Å². The highest BCUT2D eigenvalue weighted by Gasteiger charge is 2.22. The lowest BCUT2D eigenvalue weighted by atomic mass is 10.0. The third-order valence-electron chi connectivity index (χ3n) is 3.31. The van der Waals surface area contributed by atoms with E-state index >= 15 is 0 Å². The van der Waals surface area contributed by atoms with Crippen LogP contribution in [0.4, 0.5) is 14.5 Å². The molecule has 0 aromatic heterocycles. The Morgan fingerprint density at radius 1 is 1.40 bits per heavy atom. The van der Waals surface area contributed by atoms with E-state index < -0.39 is 17.6 Å². The molecule has 4 nitrogen and oxygen atoms in total. The molecule has 1 fully saturated rings. The standard InChI is InChI=1S/C14H17F2NO3/c1-8-5-9(3-4-20-8)17-13-6-10(14(18)19-2)11(15)7-12(13)16/h6-9,17H,3-5H2,1-2H3. The van der Waals surface area contributed by atoms with Crippen molar-refractivity contribution in [1.82, 2.24) is 0 Å². The van der Waals surface area contributed by atoms with Gasteiger partial charge in [-0.1, -0.05) is 0 Å². The molecule has 0 spiro atoms. The number of esters is 1. The number of nitrogens with one attached hydrogen (secondary N) is 1. The summed E-state index contributed by atoms with van der Waals surface area (Å²) in [4.78, 5) is 11.4. The summed E-state index contributed by atoms with van der Waals surface area (Å²) in [6.45, 7) is 2.53. The Balaban J connectivity index is 2.20. The molecule has 0 bridgehead atoms. The van der Waals surface area contributed by atoms with Crippen molar-refractivity contribution in [2.75, 3.05) is 19.0 Å². The van der Waals surface area contributed by atoms with Gasteiger partial charge in [0, 0.05) is 18.7 Å². The van der Waals surface area contributed by atoms with Gasteiger partial charge in [-0.25, -0.2) is 13.6 Å². The summed E-state index contributed by atoms with van der Waals surface area (Å²) in [7, 11) is 1.15. The summed E-state index contributed by atoms with van der Waals surface area (Å²) in [5.74, 6) is -2.49. The maximum atomic E-state index is 13.8. The van der Waals surface area contributed by atoms with Crippen molar-refractivity contribution in [1.29, 1.82) is 0 Å². The number of carbonyl (C=O) groups excluding carboxylic acids is 1. The van der Waals surface area contributed by atoms with Gasteiger partial charge in [0.05, 0.1) is 24.5 Å². The first-order chi connectivity index (χ1) is 9.51. The monoisotopic (exact) mass is 285 g/mol. The first kappa shape index (κ1) is 14.7. The highest BCUT2D eigenvalue weighted by molar-refractivity contribution is 5.90. The third kappa shape index (κ3) is 3.25. The SMILES string of the molecule is COC(=O)c1cc(NC2CCOC(C)C2)c(F)cc1F. The second-order valence-corrected chi connectivity index (χ2v) is 4.85. The summed E-state index contributed by atoms with van der Waals surface area (Å²) in [6, 6.07) is 1.87. The van der Waals surface area contributed by atoms with Crippen LogP contribution in [0.1, 0.15) is 30.1 Å². The van der Waals surface area contributed by atoms with Crippen LogP contribution in [0.2, 0.25) is 0 Å². The lowest BCUT2D eigenvalue weighted by Gasteiger charge is -2.29. The van der Waals surface area contributed by atoms with Crippen molar-refractivity contribution in [3.8, 4) is 0 Å². The van der Waals surface area contributed by atoms with E-state index in [1.807, 2.05) is 6.92 Å². The Labute approximate surface area is 116 Å². The number of benzene rings is 1. The quantitative estimate of drug-likeness (QED) is 0.867. The Morgan fingerprint density at radius 3 is 2.80 bits per heavy atom. The smallest absolute Gasteiger partial charge is 0.340 e. The molecule has 1 aliphatic rings. The zero-order chi connectivity index (χ0) is 14.7. The Morgan fingerprint density at radius 2 is 2.15 bits per heavy atom. The van der Waals surface area contributed by atoms with Crippen molar-refractivity contribution in [2.45, 2.75) is 31.9 Å². The van der Waals surface area contributed by atoms with Gasteiger partial charge in [-0.05, 0) is 25.8 Å². The molecule has 0 radical (unpaired) electrons. The lowest BCUT2D eigenvalue weighted by molar-refractivity contribution is 0.0231. The number of hydrogen-bond acceptors (Lipinski definition) is 4. The van der Waals surface area contributed by atoms with Crippen LogP contribution in [0.15, 0.2) is 12.1 Å². The number of ether oxygens (including phenoxy) is 2. The molecule has 2 atom stereocenters. The summed E-state index contributed by atoms with van der Waals surface area (Å²) in [5, 5.41) is 3.00. The number of carbonyl (C=O) groups is 1. The van der Waals surface area contributed by atoms with E-state index in [0.717, 1.165) is 26.0 Å². The summed E-state index contributed by atoms with van der Waals surface area (Å²) >= 11 is 0. The van der Waals surface area contributed by atoms with Crippen LogP contribution < -0.4 is 5.32 Å². The first-order valence-electron chi connectivity index (χ1n) is 6.46. The molecular weight excluding hydrogens is 268 g/mol. The average Bonchev–Trinajstić information content (AvgIpc) is 2.41. The van der Waals surface area contributed by atoms with Crippen LogP contribution in [-0.4, -0.2) is 31.8 Å². The average molecular weight is 285 g/mol. The highest BCUT2D eigenvalue weighted by Crippen LogP contribution is 2.24. The topological polar surface area (TPSA) is 47.6 Å². The Kier molecular flexibility index (Phi) is 4.54. The van der Waals surface area contributed by atoms with Gasteiger partial charge in [-0.2, -0.15) is 0 Å². The second-order valence-electron chi connectivity index (χ2n) is 4.85. The van der Waals surface area contributed by atoms with Crippen LogP contribution >= 0.6 is 0 Å². The molecule has 1 aromatic carbocycles. The van der Waals surface area contributed by atoms with E-state index in [-0.39, 0.29) is 23.4 Å². The molecule has 20 heavy (non-hydrogen) atoms. The van der Waals surface area contributed by atoms with Crippen LogP contribution in [0.5, 0.6) is 0 Å². The minimum Gasteiger partial charge on any atom is -0.465 e. The van der Waals surface area contributed by atoms with Crippen molar-refractivity contribution in [3.05, 3.63) is 29.3 Å². The molecule has 1 saturated heterocycles. The maximum absolute atomic E-state index is 13.8. The van der Waals surface area contributed by atoms with Gasteiger partial charge < -0.3 is 14.8 Å². The molecular formula is C14H17F2NO3. The van der Waals surface area contributed by atoms with Crippen LogP contribution in [0.25, 0.3) is 0 Å². The van der Waals surface area contributed by atoms with E-state index in [2.05, 4.69) is 10.1 Å². The van der Waals surface area contributed by atoms with Gasteiger partial charge in [0.25, 0.3) is 0 Å². The van der Waals surface area contributed by atoms with Crippen molar-refractivity contribution >= 4 is 11.7 Å². The van der Waals surface area contributed by atoms with Gasteiger partial charge in [0.1, 0.15) is 11.6 Å². The molecule has 1 N–H and O–H groups in total. The largest absolute Gasteiger partial charge is 0.465 e. The number of halogens is 2. The number of rotatable bonds is 3. The van der Waals surface area contributed by atoms with Gasteiger partial charge in [-0.3, -0.25) is 0 Å². The molecule has 0 saturated carbocycles. The van der Waals surface area contributed by atoms with E-state index in [1.54, 1.807) is 0 Å². The minimum absolute atomic E-state index is 0.0317. The Hall–Kier alpha value is -1.69. The van der Waals surface area contributed by atoms with Crippen LogP contribution in [-0.2, 0) is 9.47 Å². The van der Waals surface area contributed by atoms with E-state index in [4.69, 9.17) is 4.74 Å². The molecule has 1 aliphatic heterocycles. The molecule has 1 heterocycles. The fourth-order valence-corrected chi connectivity index (χ4v) is 2.28. The third-order valence-corrected chi connectivity index (χ3v) is 3.31. The molecule has 0 amide bonds. The van der Waals surface area contributed by atoms with Gasteiger partial charge in [0.15, 0.2) is 0 Å². The normalized spacial score (nSPS) is 22.4. The minimum atomic E-state index is -0.930. The van der Waals surface area contributed by atoms with Crippen LogP contribution in [0.3, 0.4) is 0 Å². The predicted molar refractivity (Wildman–Crippen MR) is 69.8 cm³/mol. The number of anilines is 1. The van der Waals surface area contributed by atoms with E-state index in [0.29, 0.717) is 12.7 Å². The zero-order valence-corrected chi connectivity index (χ0v) is 11.4. The predicted octanol–water partition coefficient (Wildman–Crippen LogP) is 2.73. The molecule has 1 aromatic rings. The summed E-state index contributed by atoms with van der Waals surface area (Å²) in [6.07, 6.45) is 1.55. The second kappa shape index (κ2) is 6.17. The van der Waals surface area contributed by atoms with Gasteiger partial charge >= 0.3 is 5.97 Å². The molecule has 2 rings (SSSR count). The molecule has 110 valence electrons. The summed E-state index contributed by atoms with van der Waals surface area (Å²) in [5.41, 5.74) is -0.178. The lowest BCUT2D eigenvalue weighted by Crippen LogP contribution is -2.32. The van der Waals surface area contributed by atoms with Gasteiger partial charge in [0.2, 0.25) is 0 Å². The van der Waals surface area contributed by atoms with Crippen molar-refractivity contribution < 1.29 is 23.0 Å². The van der Waals surface area contributed by atoms with Crippen LogP contribution in [0, 0.1) is 11.6 Å². The fraction of sp³-hybridized carbons (Fsp3) is 0.500. The first-order valence-corrected chi connectivity index (χ1v) is 6.46. The Bertz CT molecular complexity index is 507. The molecule has 6 heteroatoms. The number of methoxy groups -OCH3 is 1. The van der Waals surface area contributed by atoms with E-state index in [9.17, 15) is 13.6 Å².